The van der Waals surface area contributed by atoms with Crippen LogP contribution >= 0.6 is 0 Å². The molecule has 0 fully saturated rings. The fraction of sp³-hybridized carbons (Fsp3) is 0.286. The van der Waals surface area contributed by atoms with Gasteiger partial charge in [-0.3, -0.25) is 0 Å². The zero-order chi connectivity index (χ0) is 20.5. The summed E-state index contributed by atoms with van der Waals surface area (Å²) in [6, 6.07) is 15.7. The lowest BCUT2D eigenvalue weighted by molar-refractivity contribution is 0.554. The summed E-state index contributed by atoms with van der Waals surface area (Å²) in [6.07, 6.45) is 9.24. The van der Waals surface area contributed by atoms with Crippen molar-refractivity contribution in [3.8, 4) is 11.1 Å². The fourth-order valence-electron chi connectivity index (χ4n) is 4.06. The van der Waals surface area contributed by atoms with Crippen molar-refractivity contribution in [3.05, 3.63) is 108 Å². The van der Waals surface area contributed by atoms with Crippen molar-refractivity contribution in [2.24, 2.45) is 5.41 Å². The van der Waals surface area contributed by atoms with Gasteiger partial charge in [-0.2, -0.15) is 0 Å². The normalized spacial score (nSPS) is 15.4. The molecule has 0 heterocycles. The maximum Gasteiger partial charge on any atom is 0.0158 e. The molecule has 0 amide bonds. The molecule has 0 nitrogen and oxygen atoms in total. The van der Waals surface area contributed by atoms with Gasteiger partial charge in [-0.15, -0.1) is 0 Å². The minimum atomic E-state index is -0.0632. The first-order chi connectivity index (χ1) is 13.2. The zero-order valence-electron chi connectivity index (χ0n) is 18.0. The number of hydrogen-bond acceptors (Lipinski definition) is 0. The highest BCUT2D eigenvalue weighted by molar-refractivity contribution is 5.80. The van der Waals surface area contributed by atoms with Gasteiger partial charge in [0.1, 0.15) is 0 Å². The summed E-state index contributed by atoms with van der Waals surface area (Å²) in [7, 11) is 0. The molecule has 28 heavy (non-hydrogen) atoms. The molecule has 3 rings (SSSR count). The summed E-state index contributed by atoms with van der Waals surface area (Å²) in [5, 5.41) is 0. The van der Waals surface area contributed by atoms with Crippen molar-refractivity contribution < 1.29 is 0 Å². The molecule has 0 spiro atoms. The summed E-state index contributed by atoms with van der Waals surface area (Å²) in [5.41, 5.74) is 9.36. The van der Waals surface area contributed by atoms with E-state index in [1.165, 1.54) is 33.4 Å². The first-order valence-corrected chi connectivity index (χ1v) is 10.1. The SMILES string of the molecule is C=C/C=C(\C)C(C)(C)C(=C)/C=C\Cc1ccc2c(c1)C(C)(C)c1ccccc1-2. The summed E-state index contributed by atoms with van der Waals surface area (Å²) in [5.74, 6) is 0. The van der Waals surface area contributed by atoms with Gasteiger partial charge in [0.25, 0.3) is 0 Å². The predicted molar refractivity (Wildman–Crippen MR) is 124 cm³/mol. The van der Waals surface area contributed by atoms with Gasteiger partial charge in [0.05, 0.1) is 0 Å². The fourth-order valence-corrected chi connectivity index (χ4v) is 4.06. The largest absolute Gasteiger partial charge is 0.0991 e. The number of benzene rings is 2. The van der Waals surface area contributed by atoms with Crippen LogP contribution in [0.3, 0.4) is 0 Å². The van der Waals surface area contributed by atoms with Crippen molar-refractivity contribution in [3.63, 3.8) is 0 Å². The first kappa shape index (κ1) is 20.1. The van der Waals surface area contributed by atoms with Crippen molar-refractivity contribution in [2.45, 2.75) is 46.5 Å². The summed E-state index contributed by atoms with van der Waals surface area (Å²) < 4.78 is 0. The molecule has 0 saturated heterocycles. The Labute approximate surface area is 171 Å². The molecule has 0 aliphatic heterocycles. The van der Waals surface area contributed by atoms with Crippen LogP contribution in [-0.2, 0) is 11.8 Å². The molecule has 0 bridgehead atoms. The van der Waals surface area contributed by atoms with Gasteiger partial charge in [-0.25, -0.2) is 0 Å². The van der Waals surface area contributed by atoms with E-state index < -0.39 is 0 Å². The summed E-state index contributed by atoms with van der Waals surface area (Å²) in [4.78, 5) is 0. The second-order valence-electron chi connectivity index (χ2n) is 8.89. The lowest BCUT2D eigenvalue weighted by Crippen LogP contribution is -2.15. The molecule has 0 heteroatoms. The molecule has 0 atom stereocenters. The topological polar surface area (TPSA) is 0 Å². The smallest absolute Gasteiger partial charge is 0.0158 e. The molecular formula is C28H32. The third-order valence-corrected chi connectivity index (χ3v) is 6.48. The van der Waals surface area contributed by atoms with E-state index in [4.69, 9.17) is 0 Å². The highest BCUT2D eigenvalue weighted by atomic mass is 14.4. The minimum absolute atomic E-state index is 0.0594. The standard InChI is InChI=1S/C28H32/c1-8-12-20(2)27(4,5)21(3)13-11-14-22-17-18-24-23-15-9-10-16-25(23)28(6,7)26(24)19-22/h8-13,15-19H,1,3,14H2,2,4-7H3/b13-11-,20-12+. The minimum Gasteiger partial charge on any atom is -0.0991 e. The maximum absolute atomic E-state index is 4.31. The van der Waals surface area contributed by atoms with Crippen LogP contribution in [0.5, 0.6) is 0 Å². The van der Waals surface area contributed by atoms with Crippen LogP contribution < -0.4 is 0 Å². The molecule has 0 unspecified atom stereocenters. The molecule has 0 saturated carbocycles. The lowest BCUT2D eigenvalue weighted by Gasteiger charge is -2.26. The van der Waals surface area contributed by atoms with Crippen molar-refractivity contribution in [2.75, 3.05) is 0 Å². The third kappa shape index (κ3) is 3.44. The van der Waals surface area contributed by atoms with Crippen molar-refractivity contribution in [1.29, 1.82) is 0 Å². The zero-order valence-corrected chi connectivity index (χ0v) is 18.0. The first-order valence-electron chi connectivity index (χ1n) is 10.1. The van der Waals surface area contributed by atoms with Gasteiger partial charge < -0.3 is 0 Å². The van der Waals surface area contributed by atoms with Crippen LogP contribution in [-0.4, -0.2) is 0 Å². The molecular weight excluding hydrogens is 336 g/mol. The van der Waals surface area contributed by atoms with Crippen LogP contribution in [0.15, 0.2) is 91.1 Å². The maximum atomic E-state index is 4.31. The van der Waals surface area contributed by atoms with Crippen molar-refractivity contribution >= 4 is 0 Å². The number of fused-ring (bicyclic) bond motifs is 3. The van der Waals surface area contributed by atoms with E-state index in [9.17, 15) is 0 Å². The van der Waals surface area contributed by atoms with E-state index in [1.54, 1.807) is 0 Å². The molecule has 2 aromatic carbocycles. The Hall–Kier alpha value is -2.60. The molecule has 144 valence electrons. The molecule has 0 aromatic heterocycles. The van der Waals surface area contributed by atoms with Crippen LogP contribution in [0.2, 0.25) is 0 Å². The summed E-state index contributed by atoms with van der Waals surface area (Å²) in [6.45, 7) is 19.3. The van der Waals surface area contributed by atoms with E-state index in [0.717, 1.165) is 12.0 Å². The van der Waals surface area contributed by atoms with Gasteiger partial charge in [-0.1, -0.05) is 113 Å². The number of hydrogen-bond donors (Lipinski definition) is 0. The average molecular weight is 369 g/mol. The predicted octanol–water partition coefficient (Wildman–Crippen LogP) is 7.81. The second-order valence-corrected chi connectivity index (χ2v) is 8.89. The molecule has 0 radical (unpaired) electrons. The van der Waals surface area contributed by atoms with E-state index in [2.05, 4.69) is 108 Å². The van der Waals surface area contributed by atoms with E-state index >= 15 is 0 Å². The third-order valence-electron chi connectivity index (χ3n) is 6.48. The Bertz CT molecular complexity index is 977. The Morgan fingerprint density at radius 1 is 1.04 bits per heavy atom. The van der Waals surface area contributed by atoms with Crippen LogP contribution in [0, 0.1) is 5.41 Å². The highest BCUT2D eigenvalue weighted by Crippen LogP contribution is 2.48. The van der Waals surface area contributed by atoms with Gasteiger partial charge in [0, 0.05) is 10.8 Å². The van der Waals surface area contributed by atoms with E-state index in [0.29, 0.717) is 0 Å². The van der Waals surface area contributed by atoms with Crippen LogP contribution in [0.1, 0.15) is 51.3 Å². The Morgan fingerprint density at radius 3 is 2.43 bits per heavy atom. The lowest BCUT2D eigenvalue weighted by atomic mass is 9.78. The monoisotopic (exact) mass is 368 g/mol. The Balaban J connectivity index is 1.80. The van der Waals surface area contributed by atoms with Gasteiger partial charge in [0.2, 0.25) is 0 Å². The number of allylic oxidation sites excluding steroid dienone is 6. The van der Waals surface area contributed by atoms with Crippen LogP contribution in [0.25, 0.3) is 11.1 Å². The van der Waals surface area contributed by atoms with E-state index in [-0.39, 0.29) is 10.8 Å². The second kappa shape index (κ2) is 7.43. The molecule has 0 N–H and O–H groups in total. The Kier molecular flexibility index (Phi) is 5.35. The average Bonchev–Trinajstić information content (AvgIpc) is 2.89. The van der Waals surface area contributed by atoms with Gasteiger partial charge >= 0.3 is 0 Å². The van der Waals surface area contributed by atoms with E-state index in [1.807, 2.05) is 6.08 Å². The quantitative estimate of drug-likeness (QED) is 0.456. The molecule has 2 aromatic rings. The van der Waals surface area contributed by atoms with Crippen LogP contribution in [0.4, 0.5) is 0 Å². The Morgan fingerprint density at radius 2 is 1.71 bits per heavy atom. The summed E-state index contributed by atoms with van der Waals surface area (Å²) >= 11 is 0. The highest BCUT2D eigenvalue weighted by Gasteiger charge is 2.34. The van der Waals surface area contributed by atoms with Gasteiger partial charge in [-0.05, 0) is 46.7 Å². The number of rotatable bonds is 6. The molecule has 1 aliphatic carbocycles. The van der Waals surface area contributed by atoms with Crippen molar-refractivity contribution in [1.82, 2.24) is 0 Å². The molecule has 1 aliphatic rings. The van der Waals surface area contributed by atoms with Gasteiger partial charge in [0.15, 0.2) is 0 Å².